The molecule has 11 nitrogen and oxygen atoms in total. The third kappa shape index (κ3) is 7.44. The number of carboxylic acids is 1. The summed E-state index contributed by atoms with van der Waals surface area (Å²) in [5.74, 6) is -13.3. The topological polar surface area (TPSA) is 150 Å². The van der Waals surface area contributed by atoms with E-state index in [2.05, 4.69) is 10.1 Å². The molecule has 2 amide bonds. The molecule has 0 bridgehead atoms. The smallest absolute Gasteiger partial charge is 0.305 e. The number of ether oxygens (including phenoxy) is 1. The standard InChI is InChI=1S/C23H27F4N3O8S/c24-14-8-15(25)22(27)23(21(14)26)38-12-17(31)16(9-20(34)35)28-18(32)10-29-6-7-30(11-19(29)33)39(36,37)13-4-2-1-3-5-13/h8,13,16H,1-7,9-12H2,(H,28,32)(H,34,35). The van der Waals surface area contributed by atoms with Gasteiger partial charge in [-0.3, -0.25) is 19.2 Å². The van der Waals surface area contributed by atoms with E-state index in [0.29, 0.717) is 12.8 Å². The molecule has 1 aliphatic heterocycles. The molecule has 1 atom stereocenters. The molecule has 2 aliphatic rings. The van der Waals surface area contributed by atoms with Crippen molar-refractivity contribution in [2.75, 3.05) is 32.8 Å². The third-order valence-electron chi connectivity index (χ3n) is 6.48. The van der Waals surface area contributed by atoms with Gasteiger partial charge in [0, 0.05) is 19.2 Å². The number of Topliss-reactive ketones (excluding diaryl/α,β-unsaturated/α-hetero) is 1. The molecule has 16 heteroatoms. The average molecular weight is 582 g/mol. The number of ketones is 1. The number of benzene rings is 1. The highest BCUT2D eigenvalue weighted by atomic mass is 32.2. The van der Waals surface area contributed by atoms with E-state index in [1.807, 2.05) is 0 Å². The van der Waals surface area contributed by atoms with Crippen molar-refractivity contribution in [3.8, 4) is 5.75 Å². The van der Waals surface area contributed by atoms with Crippen molar-refractivity contribution >= 4 is 33.6 Å². The summed E-state index contributed by atoms with van der Waals surface area (Å²) in [6, 6.07) is -1.85. The van der Waals surface area contributed by atoms with Gasteiger partial charge in [-0.2, -0.15) is 13.1 Å². The van der Waals surface area contributed by atoms with Crippen LogP contribution in [0.2, 0.25) is 0 Å². The molecule has 1 heterocycles. The van der Waals surface area contributed by atoms with Crippen LogP contribution in [0.1, 0.15) is 38.5 Å². The molecule has 2 fully saturated rings. The minimum Gasteiger partial charge on any atom is -0.481 e. The second-order valence-corrected chi connectivity index (χ2v) is 11.4. The Balaban J connectivity index is 1.59. The molecule has 216 valence electrons. The Kier molecular flexibility index (Phi) is 9.88. The molecule has 39 heavy (non-hydrogen) atoms. The molecule has 3 rings (SSSR count). The number of amides is 2. The van der Waals surface area contributed by atoms with Crippen LogP contribution >= 0.6 is 0 Å². The zero-order chi connectivity index (χ0) is 28.9. The van der Waals surface area contributed by atoms with Gasteiger partial charge in [0.1, 0.15) is 12.6 Å². The van der Waals surface area contributed by atoms with E-state index in [1.54, 1.807) is 0 Å². The van der Waals surface area contributed by atoms with Crippen molar-refractivity contribution in [1.82, 2.24) is 14.5 Å². The zero-order valence-electron chi connectivity index (χ0n) is 20.6. The minimum absolute atomic E-state index is 0.0511. The number of sulfonamides is 1. The van der Waals surface area contributed by atoms with Crippen LogP contribution in [0.4, 0.5) is 17.6 Å². The van der Waals surface area contributed by atoms with Gasteiger partial charge < -0.3 is 20.1 Å². The van der Waals surface area contributed by atoms with Gasteiger partial charge in [0.2, 0.25) is 33.5 Å². The largest absolute Gasteiger partial charge is 0.481 e. The van der Waals surface area contributed by atoms with Crippen LogP contribution in [-0.4, -0.2) is 90.4 Å². The highest BCUT2D eigenvalue weighted by Gasteiger charge is 2.38. The Hall–Kier alpha value is -3.27. The lowest BCUT2D eigenvalue weighted by molar-refractivity contribution is -0.142. The normalized spacial score (nSPS) is 18.1. The third-order valence-corrected chi connectivity index (χ3v) is 8.83. The van der Waals surface area contributed by atoms with Gasteiger partial charge in [0.05, 0.1) is 24.8 Å². The number of carbonyl (C=O) groups is 4. The van der Waals surface area contributed by atoms with Gasteiger partial charge in [-0.25, -0.2) is 17.2 Å². The number of piperazine rings is 1. The molecular weight excluding hydrogens is 554 g/mol. The molecule has 1 aliphatic carbocycles. The van der Waals surface area contributed by atoms with Crippen molar-refractivity contribution in [1.29, 1.82) is 0 Å². The quantitative estimate of drug-likeness (QED) is 0.290. The Morgan fingerprint density at radius 1 is 1.05 bits per heavy atom. The first-order chi connectivity index (χ1) is 18.3. The van der Waals surface area contributed by atoms with E-state index in [0.717, 1.165) is 28.5 Å². The van der Waals surface area contributed by atoms with Gasteiger partial charge >= 0.3 is 5.97 Å². The van der Waals surface area contributed by atoms with E-state index in [1.165, 1.54) is 0 Å². The summed E-state index contributed by atoms with van der Waals surface area (Å²) in [5, 5.41) is 10.6. The van der Waals surface area contributed by atoms with Crippen molar-refractivity contribution in [3.05, 3.63) is 29.3 Å². The molecule has 0 spiro atoms. The van der Waals surface area contributed by atoms with Gasteiger partial charge in [0.15, 0.2) is 23.2 Å². The predicted molar refractivity (Wildman–Crippen MR) is 125 cm³/mol. The van der Waals surface area contributed by atoms with Gasteiger partial charge in [-0.05, 0) is 12.8 Å². The molecule has 0 radical (unpaired) electrons. The maximum Gasteiger partial charge on any atom is 0.305 e. The molecule has 1 aromatic carbocycles. The summed E-state index contributed by atoms with van der Waals surface area (Å²) in [4.78, 5) is 49.8. The van der Waals surface area contributed by atoms with Gasteiger partial charge in [-0.1, -0.05) is 19.3 Å². The van der Waals surface area contributed by atoms with Crippen molar-refractivity contribution < 1.29 is 55.0 Å². The summed E-state index contributed by atoms with van der Waals surface area (Å²) in [7, 11) is -3.69. The zero-order valence-corrected chi connectivity index (χ0v) is 21.4. The fourth-order valence-corrected chi connectivity index (χ4v) is 6.38. The van der Waals surface area contributed by atoms with E-state index in [9.17, 15) is 45.2 Å². The molecule has 1 aromatic rings. The van der Waals surface area contributed by atoms with Crippen molar-refractivity contribution in [2.45, 2.75) is 49.8 Å². The second-order valence-electron chi connectivity index (χ2n) is 9.22. The van der Waals surface area contributed by atoms with Crippen LogP contribution in [0, 0.1) is 23.3 Å². The lowest BCUT2D eigenvalue weighted by Crippen LogP contribution is -2.56. The number of hydrogen-bond donors (Lipinski definition) is 2. The second kappa shape index (κ2) is 12.7. The Morgan fingerprint density at radius 3 is 2.23 bits per heavy atom. The summed E-state index contributed by atoms with van der Waals surface area (Å²) >= 11 is 0. The molecule has 1 unspecified atom stereocenters. The predicted octanol–water partition coefficient (Wildman–Crippen LogP) is 0.957. The molecule has 1 saturated carbocycles. The summed E-state index contributed by atoms with van der Waals surface area (Å²) < 4.78 is 85.5. The fourth-order valence-electron chi connectivity index (χ4n) is 4.40. The first-order valence-corrected chi connectivity index (χ1v) is 13.6. The summed E-state index contributed by atoms with van der Waals surface area (Å²) in [6.45, 7) is -2.52. The lowest BCUT2D eigenvalue weighted by atomic mass is 10.0. The van der Waals surface area contributed by atoms with Crippen LogP contribution in [0.3, 0.4) is 0 Å². The van der Waals surface area contributed by atoms with Gasteiger partial charge in [-0.15, -0.1) is 0 Å². The average Bonchev–Trinajstić information content (AvgIpc) is 2.88. The molecule has 1 saturated heterocycles. The Morgan fingerprint density at radius 2 is 1.67 bits per heavy atom. The number of hydrogen-bond acceptors (Lipinski definition) is 7. The van der Waals surface area contributed by atoms with Gasteiger partial charge in [0.25, 0.3) is 0 Å². The van der Waals surface area contributed by atoms with Crippen LogP contribution in [0.5, 0.6) is 5.75 Å². The van der Waals surface area contributed by atoms with E-state index < -0.39 is 100 Å². The van der Waals surface area contributed by atoms with Crippen LogP contribution in [0.15, 0.2) is 6.07 Å². The van der Waals surface area contributed by atoms with Crippen molar-refractivity contribution in [3.63, 3.8) is 0 Å². The number of nitrogens with zero attached hydrogens (tertiary/aromatic N) is 2. The van der Waals surface area contributed by atoms with E-state index in [4.69, 9.17) is 5.11 Å². The number of nitrogens with one attached hydrogen (secondary N) is 1. The number of carbonyl (C=O) groups excluding carboxylic acids is 3. The number of aliphatic carboxylic acids is 1. The first kappa shape index (κ1) is 30.3. The number of carboxylic acid groups (broad SMARTS) is 1. The SMILES string of the molecule is O=C(O)CC(NC(=O)CN1CCN(S(=O)(=O)C2CCCCC2)CC1=O)C(=O)COc1c(F)c(F)cc(F)c1F. The number of rotatable bonds is 11. The summed E-state index contributed by atoms with van der Waals surface area (Å²) in [5.41, 5.74) is 0. The van der Waals surface area contributed by atoms with Crippen LogP contribution in [0.25, 0.3) is 0 Å². The maximum atomic E-state index is 13.8. The Labute approximate surface area is 221 Å². The first-order valence-electron chi connectivity index (χ1n) is 12.1. The fraction of sp³-hybridized carbons (Fsp3) is 0.565. The number of halogens is 4. The summed E-state index contributed by atoms with van der Waals surface area (Å²) in [6.07, 6.45) is 2.55. The van der Waals surface area contributed by atoms with Crippen molar-refractivity contribution in [2.24, 2.45) is 0 Å². The maximum absolute atomic E-state index is 13.8. The Bertz CT molecular complexity index is 1210. The minimum atomic E-state index is -3.69. The highest BCUT2D eigenvalue weighted by Crippen LogP contribution is 2.28. The van der Waals surface area contributed by atoms with E-state index in [-0.39, 0.29) is 19.2 Å². The molecule has 2 N–H and O–H groups in total. The molecule has 0 aromatic heterocycles. The van der Waals surface area contributed by atoms with E-state index >= 15 is 0 Å². The lowest BCUT2D eigenvalue weighted by Gasteiger charge is -2.36. The van der Waals surface area contributed by atoms with Crippen LogP contribution in [-0.2, 0) is 29.2 Å². The van der Waals surface area contributed by atoms with Crippen LogP contribution < -0.4 is 10.1 Å². The highest BCUT2D eigenvalue weighted by molar-refractivity contribution is 7.89. The monoisotopic (exact) mass is 581 g/mol. The molecular formula is C23H27F4N3O8S.